The normalized spacial score (nSPS) is 21.7. The van der Waals surface area contributed by atoms with Crippen LogP contribution in [0.2, 0.25) is 0 Å². The van der Waals surface area contributed by atoms with E-state index in [1.165, 1.54) is 18.4 Å². The molecule has 3 heterocycles. The second kappa shape index (κ2) is 5.03. The highest BCUT2D eigenvalue weighted by molar-refractivity contribution is 6.00. The van der Waals surface area contributed by atoms with Crippen molar-refractivity contribution in [3.63, 3.8) is 0 Å². The van der Waals surface area contributed by atoms with E-state index in [1.807, 2.05) is 20.3 Å². The number of carbonyl (C=O) groups is 1. The highest BCUT2D eigenvalue weighted by Gasteiger charge is 2.39. The van der Waals surface area contributed by atoms with E-state index in [1.54, 1.807) is 4.80 Å². The van der Waals surface area contributed by atoms with Gasteiger partial charge >= 0.3 is 0 Å². The third kappa shape index (κ3) is 2.25. The third-order valence-corrected chi connectivity index (χ3v) is 5.60. The van der Waals surface area contributed by atoms with Crippen molar-refractivity contribution in [2.75, 3.05) is 17.3 Å². The Morgan fingerprint density at radius 3 is 2.64 bits per heavy atom. The number of anilines is 2. The fraction of sp³-hybridized carbons (Fsp3) is 0.556. The molecule has 1 atom stereocenters. The monoisotopic (exact) mass is 338 g/mol. The first-order valence-electron chi connectivity index (χ1n) is 9.02. The summed E-state index contributed by atoms with van der Waals surface area (Å²) in [6.45, 7) is 2.12. The van der Waals surface area contributed by atoms with Crippen LogP contribution in [-0.2, 0) is 11.8 Å². The Hall–Kier alpha value is -2.44. The van der Waals surface area contributed by atoms with Crippen LogP contribution in [-0.4, -0.2) is 32.9 Å². The Bertz CT molecular complexity index is 880. The molecule has 0 saturated heterocycles. The van der Waals surface area contributed by atoms with Crippen LogP contribution >= 0.6 is 0 Å². The first-order chi connectivity index (χ1) is 12.0. The Balaban J connectivity index is 1.71. The molecule has 1 aliphatic heterocycles. The van der Waals surface area contributed by atoms with E-state index in [-0.39, 0.29) is 17.9 Å². The van der Waals surface area contributed by atoms with Crippen LogP contribution < -0.4 is 10.2 Å². The highest BCUT2D eigenvalue weighted by Crippen LogP contribution is 2.52. The lowest BCUT2D eigenvalue weighted by molar-refractivity contribution is -0.117. The van der Waals surface area contributed by atoms with E-state index >= 15 is 0 Å². The number of nitrogens with zero attached hydrogens (tertiary/aromatic N) is 5. The lowest BCUT2D eigenvalue weighted by atomic mass is 9.93. The Kier molecular flexibility index (Phi) is 2.99. The van der Waals surface area contributed by atoms with Crippen molar-refractivity contribution in [3.05, 3.63) is 17.5 Å². The zero-order chi connectivity index (χ0) is 17.3. The molecular formula is C18H22N6O. The number of amides is 1. The average Bonchev–Trinajstić information content (AvgIpc) is 3.49. The number of rotatable bonds is 3. The van der Waals surface area contributed by atoms with E-state index in [4.69, 9.17) is 0 Å². The molecule has 1 amide bonds. The summed E-state index contributed by atoms with van der Waals surface area (Å²) in [5.74, 6) is 1.44. The Labute approximate surface area is 146 Å². The summed E-state index contributed by atoms with van der Waals surface area (Å²) in [4.78, 5) is 20.8. The quantitative estimate of drug-likeness (QED) is 0.931. The number of fused-ring (bicyclic) bond motifs is 3. The standard InChI is InChI=1S/C18H22N6O/c1-9-14-15(22-24(3)21-14)13-12(10-4-5-10)8-19-17(16(13)23(9)2)20-18(25)11-6-7-11/h8-11H,4-7H2,1-3H3,(H,19,20,25). The number of hydrogen-bond acceptors (Lipinski definition) is 5. The van der Waals surface area contributed by atoms with Gasteiger partial charge in [0.1, 0.15) is 11.4 Å². The minimum absolute atomic E-state index is 0.0832. The predicted octanol–water partition coefficient (Wildman–Crippen LogP) is 2.61. The maximum absolute atomic E-state index is 12.3. The number of pyridine rings is 1. The van der Waals surface area contributed by atoms with Crippen molar-refractivity contribution >= 4 is 17.4 Å². The van der Waals surface area contributed by atoms with Crippen LogP contribution in [0.15, 0.2) is 6.20 Å². The van der Waals surface area contributed by atoms with Crippen molar-refractivity contribution in [1.82, 2.24) is 20.0 Å². The summed E-state index contributed by atoms with van der Waals surface area (Å²) in [5.41, 5.74) is 5.26. The van der Waals surface area contributed by atoms with E-state index in [9.17, 15) is 4.79 Å². The molecule has 7 nitrogen and oxygen atoms in total. The molecule has 1 unspecified atom stereocenters. The predicted molar refractivity (Wildman–Crippen MR) is 94.4 cm³/mol. The molecule has 130 valence electrons. The van der Waals surface area contributed by atoms with Crippen molar-refractivity contribution in [2.45, 2.75) is 44.6 Å². The lowest BCUT2D eigenvalue weighted by Crippen LogP contribution is -2.29. The molecule has 1 N–H and O–H groups in total. The Morgan fingerprint density at radius 2 is 1.96 bits per heavy atom. The van der Waals surface area contributed by atoms with Gasteiger partial charge in [-0.15, -0.1) is 0 Å². The number of hydrogen-bond donors (Lipinski definition) is 1. The largest absolute Gasteiger partial charge is 0.363 e. The van der Waals surface area contributed by atoms with E-state index < -0.39 is 0 Å². The van der Waals surface area contributed by atoms with Gasteiger partial charge in [-0.1, -0.05) is 0 Å². The van der Waals surface area contributed by atoms with E-state index in [0.29, 0.717) is 11.7 Å². The molecule has 25 heavy (non-hydrogen) atoms. The second-order valence-electron chi connectivity index (χ2n) is 7.53. The van der Waals surface area contributed by atoms with Gasteiger partial charge in [0.05, 0.1) is 11.7 Å². The topological polar surface area (TPSA) is 75.9 Å². The van der Waals surface area contributed by atoms with Gasteiger partial charge in [0.2, 0.25) is 5.91 Å². The SMILES string of the molecule is CC1c2nn(C)nc2-c2c(C3CC3)cnc(NC(=O)C3CC3)c2N1C. The van der Waals surface area contributed by atoms with Crippen molar-refractivity contribution in [1.29, 1.82) is 0 Å². The minimum atomic E-state index is 0.0832. The number of aromatic nitrogens is 4. The van der Waals surface area contributed by atoms with Crippen molar-refractivity contribution < 1.29 is 4.79 Å². The maximum Gasteiger partial charge on any atom is 0.228 e. The molecule has 3 aliphatic rings. The first kappa shape index (κ1) is 14.9. The molecule has 0 aromatic carbocycles. The summed E-state index contributed by atoms with van der Waals surface area (Å²) in [7, 11) is 3.91. The van der Waals surface area contributed by atoms with E-state index in [0.717, 1.165) is 35.5 Å². The van der Waals surface area contributed by atoms with Gasteiger partial charge in [0, 0.05) is 31.8 Å². The first-order valence-corrected chi connectivity index (χ1v) is 9.02. The maximum atomic E-state index is 12.3. The van der Waals surface area contributed by atoms with Gasteiger partial charge in [0.15, 0.2) is 5.82 Å². The summed E-state index contributed by atoms with van der Waals surface area (Å²) >= 11 is 0. The lowest BCUT2D eigenvalue weighted by Gasteiger charge is -2.34. The van der Waals surface area contributed by atoms with Crippen molar-refractivity contribution in [2.24, 2.45) is 13.0 Å². The third-order valence-electron chi connectivity index (χ3n) is 5.60. The van der Waals surface area contributed by atoms with Crippen LogP contribution in [0.4, 0.5) is 11.5 Å². The smallest absolute Gasteiger partial charge is 0.228 e. The fourth-order valence-corrected chi connectivity index (χ4v) is 3.72. The Morgan fingerprint density at radius 1 is 1.20 bits per heavy atom. The molecule has 2 aliphatic carbocycles. The van der Waals surface area contributed by atoms with Crippen LogP contribution in [0.25, 0.3) is 11.3 Å². The van der Waals surface area contributed by atoms with Crippen molar-refractivity contribution in [3.8, 4) is 11.3 Å². The molecule has 7 heteroatoms. The number of nitrogens with one attached hydrogen (secondary N) is 1. The van der Waals surface area contributed by atoms with Gasteiger partial charge in [0.25, 0.3) is 0 Å². The van der Waals surface area contributed by atoms with Gasteiger partial charge in [-0.25, -0.2) is 4.98 Å². The molecule has 0 bridgehead atoms. The molecule has 2 aromatic rings. The average molecular weight is 338 g/mol. The molecule has 5 rings (SSSR count). The van der Waals surface area contributed by atoms with E-state index in [2.05, 4.69) is 32.3 Å². The second-order valence-corrected chi connectivity index (χ2v) is 7.53. The van der Waals surface area contributed by atoms with Gasteiger partial charge in [-0.05, 0) is 44.1 Å². The molecule has 0 spiro atoms. The fourth-order valence-electron chi connectivity index (χ4n) is 3.72. The molecule has 2 aromatic heterocycles. The highest BCUT2D eigenvalue weighted by atomic mass is 16.2. The van der Waals surface area contributed by atoms with Gasteiger partial charge in [-0.3, -0.25) is 4.79 Å². The number of carbonyl (C=O) groups excluding carboxylic acids is 1. The molecule has 2 saturated carbocycles. The summed E-state index contributed by atoms with van der Waals surface area (Å²) < 4.78 is 0. The molecular weight excluding hydrogens is 316 g/mol. The summed E-state index contributed by atoms with van der Waals surface area (Å²) in [6.07, 6.45) is 6.28. The van der Waals surface area contributed by atoms with Crippen LogP contribution in [0.5, 0.6) is 0 Å². The number of aryl methyl sites for hydroxylation is 1. The van der Waals surface area contributed by atoms with Crippen LogP contribution in [0.1, 0.15) is 55.8 Å². The van der Waals surface area contributed by atoms with Gasteiger partial charge in [-0.2, -0.15) is 15.0 Å². The zero-order valence-corrected chi connectivity index (χ0v) is 14.8. The van der Waals surface area contributed by atoms with Crippen LogP contribution in [0, 0.1) is 5.92 Å². The summed E-state index contributed by atoms with van der Waals surface area (Å²) in [5, 5.41) is 12.3. The zero-order valence-electron chi connectivity index (χ0n) is 14.8. The van der Waals surface area contributed by atoms with Crippen LogP contribution in [0.3, 0.4) is 0 Å². The minimum Gasteiger partial charge on any atom is -0.363 e. The molecule has 0 radical (unpaired) electrons. The summed E-state index contributed by atoms with van der Waals surface area (Å²) in [6, 6.07) is 0.0871. The molecule has 2 fully saturated rings. The van der Waals surface area contributed by atoms with Gasteiger partial charge < -0.3 is 10.2 Å².